The molecular weight excluding hydrogens is 392 g/mol. The van der Waals surface area contributed by atoms with Gasteiger partial charge in [0.25, 0.3) is 0 Å². The van der Waals surface area contributed by atoms with Crippen LogP contribution < -0.4 is 10.2 Å². The molecule has 0 bridgehead atoms. The molecule has 3 heterocycles. The predicted molar refractivity (Wildman–Crippen MR) is 120 cm³/mol. The van der Waals surface area contributed by atoms with E-state index < -0.39 is 0 Å². The third-order valence-electron chi connectivity index (χ3n) is 6.90. The summed E-state index contributed by atoms with van der Waals surface area (Å²) < 4.78 is 5.53. The van der Waals surface area contributed by atoms with Gasteiger partial charge in [-0.25, -0.2) is 9.97 Å². The zero-order valence-electron chi connectivity index (χ0n) is 17.4. The van der Waals surface area contributed by atoms with Crippen LogP contribution in [0.1, 0.15) is 52.7 Å². The summed E-state index contributed by atoms with van der Waals surface area (Å²) in [5.74, 6) is 2.05. The minimum atomic E-state index is 0.341. The van der Waals surface area contributed by atoms with E-state index in [1.807, 2.05) is 11.3 Å². The van der Waals surface area contributed by atoms with E-state index in [9.17, 15) is 0 Å². The smallest absolute Gasteiger partial charge is 0.187 e. The van der Waals surface area contributed by atoms with Crippen molar-refractivity contribution >= 4 is 27.4 Å². The monoisotopic (exact) mass is 421 g/mol. The number of thiophene rings is 1. The summed E-state index contributed by atoms with van der Waals surface area (Å²) in [4.78, 5) is 14.4. The highest BCUT2D eigenvalue weighted by Gasteiger charge is 2.26. The Bertz CT molecular complexity index is 1070. The molecule has 0 spiro atoms. The summed E-state index contributed by atoms with van der Waals surface area (Å²) >= 11 is 1.90. The van der Waals surface area contributed by atoms with Crippen molar-refractivity contribution in [1.82, 2.24) is 9.97 Å². The molecular formula is C24H29N4OS+. The minimum absolute atomic E-state index is 0.341. The Hall–Kier alpha value is -2.02. The zero-order chi connectivity index (χ0) is 19.9. The molecule has 1 atom stereocenters. The van der Waals surface area contributed by atoms with Gasteiger partial charge in [0, 0.05) is 4.88 Å². The van der Waals surface area contributed by atoms with Gasteiger partial charge in [-0.2, -0.15) is 0 Å². The van der Waals surface area contributed by atoms with Crippen molar-refractivity contribution in [2.45, 2.75) is 51.1 Å². The molecule has 0 radical (unpaired) electrons. The third kappa shape index (κ3) is 3.41. The van der Waals surface area contributed by atoms with Gasteiger partial charge in [-0.05, 0) is 55.2 Å². The van der Waals surface area contributed by atoms with Crippen LogP contribution in [-0.2, 0) is 30.5 Å². The third-order valence-corrected chi connectivity index (χ3v) is 8.09. The maximum Gasteiger partial charge on any atom is 0.187 e. The van der Waals surface area contributed by atoms with E-state index in [4.69, 9.17) is 14.7 Å². The second-order valence-corrected chi connectivity index (χ2v) is 9.94. The van der Waals surface area contributed by atoms with Crippen LogP contribution in [0, 0.1) is 0 Å². The highest BCUT2D eigenvalue weighted by Crippen LogP contribution is 2.41. The molecule has 1 fully saturated rings. The number of quaternary nitrogens is 1. The topological polar surface area (TPSA) is 51.5 Å². The van der Waals surface area contributed by atoms with Crippen LogP contribution in [0.4, 0.5) is 5.82 Å². The van der Waals surface area contributed by atoms with E-state index in [2.05, 4.69) is 29.6 Å². The predicted octanol–water partition coefficient (Wildman–Crippen LogP) is 3.08. The fourth-order valence-electron chi connectivity index (χ4n) is 5.35. The summed E-state index contributed by atoms with van der Waals surface area (Å²) in [5.41, 5.74) is 4.44. The second kappa shape index (κ2) is 7.91. The molecule has 3 aromatic rings. The number of benzene rings is 1. The van der Waals surface area contributed by atoms with Gasteiger partial charge >= 0.3 is 0 Å². The van der Waals surface area contributed by atoms with Crippen LogP contribution >= 0.6 is 11.3 Å². The fourth-order valence-corrected chi connectivity index (χ4v) is 6.63. The number of nitrogens with one attached hydrogen (secondary N) is 2. The van der Waals surface area contributed by atoms with Crippen LogP contribution in [0.5, 0.6) is 0 Å². The molecule has 156 valence electrons. The lowest BCUT2D eigenvalue weighted by molar-refractivity contribution is -0.922. The fraction of sp³-hybridized carbons (Fsp3) is 0.500. The van der Waals surface area contributed by atoms with Crippen LogP contribution in [0.3, 0.4) is 0 Å². The number of aromatic nitrogens is 2. The number of rotatable bonds is 4. The molecule has 1 aliphatic heterocycles. The maximum atomic E-state index is 5.53. The molecule has 30 heavy (non-hydrogen) atoms. The van der Waals surface area contributed by atoms with Gasteiger partial charge in [0.2, 0.25) is 0 Å². The lowest BCUT2D eigenvalue weighted by Gasteiger charge is -2.27. The number of nitrogens with zero attached hydrogens (tertiary/aromatic N) is 2. The number of hydrogen-bond donors (Lipinski definition) is 2. The molecule has 5 nitrogen and oxygen atoms in total. The standard InChI is InChI=1S/C24H28N4OS/c1-2-7-17-16(5-1)6-3-9-19(17)25-23-22-18-8-4-10-20(18)30-24(22)27-21(26-23)15-28-11-13-29-14-12-28/h1-2,5,7,19H,3-4,6,8-15H2,(H,25,26,27)/p+1/t19-/m0/s1. The van der Waals surface area contributed by atoms with Gasteiger partial charge in [-0.1, -0.05) is 24.3 Å². The van der Waals surface area contributed by atoms with Crippen LogP contribution in [0.15, 0.2) is 24.3 Å². The van der Waals surface area contributed by atoms with Gasteiger partial charge in [0.05, 0.1) is 24.6 Å². The lowest BCUT2D eigenvalue weighted by Crippen LogP contribution is -3.12. The largest absolute Gasteiger partial charge is 0.370 e. The number of aryl methyl sites for hydroxylation is 3. The van der Waals surface area contributed by atoms with Crippen molar-refractivity contribution in [2.24, 2.45) is 0 Å². The van der Waals surface area contributed by atoms with Gasteiger partial charge in [-0.15, -0.1) is 11.3 Å². The molecule has 0 saturated carbocycles. The summed E-state index contributed by atoms with van der Waals surface area (Å²) in [6.45, 7) is 4.66. The van der Waals surface area contributed by atoms with Crippen molar-refractivity contribution in [3.8, 4) is 0 Å². The van der Waals surface area contributed by atoms with E-state index >= 15 is 0 Å². The number of morpholine rings is 1. The van der Waals surface area contributed by atoms with Crippen molar-refractivity contribution < 1.29 is 9.64 Å². The molecule has 1 aromatic carbocycles. The first-order valence-corrected chi connectivity index (χ1v) is 12.2. The van der Waals surface area contributed by atoms with Crippen LogP contribution in [0.25, 0.3) is 10.2 Å². The summed E-state index contributed by atoms with van der Waals surface area (Å²) in [6.07, 6.45) is 7.22. The number of hydrogen-bond acceptors (Lipinski definition) is 5. The van der Waals surface area contributed by atoms with Crippen LogP contribution in [-0.4, -0.2) is 36.3 Å². The Balaban J connectivity index is 1.39. The van der Waals surface area contributed by atoms with Gasteiger partial charge in [0.1, 0.15) is 30.3 Å². The van der Waals surface area contributed by atoms with Crippen molar-refractivity contribution in [2.75, 3.05) is 31.6 Å². The molecule has 2 aromatic heterocycles. The first-order chi connectivity index (χ1) is 14.8. The van der Waals surface area contributed by atoms with E-state index in [1.54, 1.807) is 0 Å². The molecule has 6 rings (SSSR count). The quantitative estimate of drug-likeness (QED) is 0.680. The maximum absolute atomic E-state index is 5.53. The Labute approximate surface area is 181 Å². The summed E-state index contributed by atoms with van der Waals surface area (Å²) in [7, 11) is 0. The van der Waals surface area contributed by atoms with E-state index in [-0.39, 0.29) is 0 Å². The average molecular weight is 422 g/mol. The second-order valence-electron chi connectivity index (χ2n) is 8.85. The van der Waals surface area contributed by atoms with E-state index in [1.165, 1.54) is 75.2 Å². The first kappa shape index (κ1) is 18.7. The molecule has 3 aliphatic rings. The highest BCUT2D eigenvalue weighted by molar-refractivity contribution is 7.19. The lowest BCUT2D eigenvalue weighted by atomic mass is 9.87. The van der Waals surface area contributed by atoms with Gasteiger partial charge < -0.3 is 15.0 Å². The number of ether oxygens (including phenoxy) is 1. The first-order valence-electron chi connectivity index (χ1n) is 11.4. The van der Waals surface area contributed by atoms with Crippen molar-refractivity contribution in [3.63, 3.8) is 0 Å². The summed E-state index contributed by atoms with van der Waals surface area (Å²) in [5, 5.41) is 5.20. The van der Waals surface area contributed by atoms with Gasteiger partial charge in [0.15, 0.2) is 5.82 Å². The minimum Gasteiger partial charge on any atom is -0.370 e. The van der Waals surface area contributed by atoms with Crippen LogP contribution in [0.2, 0.25) is 0 Å². The molecule has 6 heteroatoms. The van der Waals surface area contributed by atoms with Crippen molar-refractivity contribution in [3.05, 3.63) is 51.7 Å². The molecule has 2 N–H and O–H groups in total. The Morgan fingerprint density at radius 2 is 1.97 bits per heavy atom. The Morgan fingerprint density at radius 3 is 2.90 bits per heavy atom. The van der Waals surface area contributed by atoms with E-state index in [0.29, 0.717) is 6.04 Å². The molecule has 0 unspecified atom stereocenters. The highest BCUT2D eigenvalue weighted by atomic mass is 32.1. The Kier molecular flexibility index (Phi) is 4.94. The average Bonchev–Trinajstić information content (AvgIpc) is 3.36. The number of anilines is 1. The molecule has 0 amide bonds. The molecule has 2 aliphatic carbocycles. The molecule has 1 saturated heterocycles. The number of fused-ring (bicyclic) bond motifs is 4. The van der Waals surface area contributed by atoms with E-state index in [0.717, 1.165) is 44.5 Å². The zero-order valence-corrected chi connectivity index (χ0v) is 18.2. The summed E-state index contributed by atoms with van der Waals surface area (Å²) in [6, 6.07) is 9.26. The van der Waals surface area contributed by atoms with Gasteiger partial charge in [-0.3, -0.25) is 0 Å². The Morgan fingerprint density at radius 1 is 1.07 bits per heavy atom. The SMILES string of the molecule is c1ccc2c(c1)CCC[C@@H]2Nc1nc(C[NH+]2CCOCC2)nc2sc3c(c12)CCC3. The van der Waals surface area contributed by atoms with Crippen molar-refractivity contribution in [1.29, 1.82) is 0 Å². The normalized spacial score (nSPS) is 21.5.